The summed E-state index contributed by atoms with van der Waals surface area (Å²) in [5.41, 5.74) is 0.381. The third kappa shape index (κ3) is 3.12. The first-order valence-electron chi connectivity index (χ1n) is 4.61. The lowest BCUT2D eigenvalue weighted by molar-refractivity contribution is 0.566. The van der Waals surface area contributed by atoms with Gasteiger partial charge in [-0.2, -0.15) is 0 Å². The Morgan fingerprint density at radius 3 is 2.38 bits per heavy atom. The minimum Gasteiger partial charge on any atom is -0.282 e. The van der Waals surface area contributed by atoms with Crippen molar-refractivity contribution in [3.63, 3.8) is 0 Å². The molecule has 0 amide bonds. The van der Waals surface area contributed by atoms with Gasteiger partial charge in [-0.25, -0.2) is 8.42 Å². The van der Waals surface area contributed by atoms with Crippen LogP contribution in [0.3, 0.4) is 0 Å². The van der Waals surface area contributed by atoms with E-state index in [0.717, 1.165) is 4.47 Å². The highest BCUT2D eigenvalue weighted by atomic mass is 79.9. The zero-order chi connectivity index (χ0) is 12.6. The second-order valence-corrected chi connectivity index (χ2v) is 8.10. The molecule has 1 N–H and O–H groups in total. The van der Waals surface area contributed by atoms with Crippen LogP contribution in [0.1, 0.15) is 20.8 Å². The number of hydrogen-bond donors (Lipinski definition) is 1. The summed E-state index contributed by atoms with van der Waals surface area (Å²) in [7, 11) is -3.45. The molecule has 0 bridgehead atoms. The SMILES string of the molecule is CC(C)(C)S(=O)(=O)Nc1cc(Br)ccc1Cl. The van der Waals surface area contributed by atoms with E-state index < -0.39 is 14.8 Å². The second-order valence-electron chi connectivity index (χ2n) is 4.34. The summed E-state index contributed by atoms with van der Waals surface area (Å²) in [6.45, 7) is 4.88. The molecule has 3 nitrogen and oxygen atoms in total. The first-order chi connectivity index (χ1) is 7.13. The lowest BCUT2D eigenvalue weighted by Crippen LogP contribution is -2.33. The number of halogens is 2. The van der Waals surface area contributed by atoms with Gasteiger partial charge in [-0.05, 0) is 39.0 Å². The number of hydrogen-bond acceptors (Lipinski definition) is 2. The van der Waals surface area contributed by atoms with E-state index in [-0.39, 0.29) is 0 Å². The van der Waals surface area contributed by atoms with E-state index in [9.17, 15) is 8.42 Å². The summed E-state index contributed by atoms with van der Waals surface area (Å²) < 4.78 is 26.2. The monoisotopic (exact) mass is 325 g/mol. The van der Waals surface area contributed by atoms with Gasteiger partial charge in [-0.15, -0.1) is 0 Å². The Hall–Kier alpha value is -0.260. The lowest BCUT2D eigenvalue weighted by Gasteiger charge is -2.21. The molecule has 0 radical (unpaired) electrons. The van der Waals surface area contributed by atoms with Crippen LogP contribution in [-0.2, 0) is 10.0 Å². The van der Waals surface area contributed by atoms with Crippen LogP contribution in [-0.4, -0.2) is 13.2 Å². The van der Waals surface area contributed by atoms with Gasteiger partial charge in [0.15, 0.2) is 0 Å². The van der Waals surface area contributed by atoms with Gasteiger partial charge in [0.05, 0.1) is 15.5 Å². The van der Waals surface area contributed by atoms with Crippen LogP contribution in [0.25, 0.3) is 0 Å². The van der Waals surface area contributed by atoms with Crippen LogP contribution in [0.5, 0.6) is 0 Å². The molecule has 16 heavy (non-hydrogen) atoms. The summed E-state index contributed by atoms with van der Waals surface area (Å²) in [6, 6.07) is 5.01. The van der Waals surface area contributed by atoms with Crippen LogP contribution in [0.15, 0.2) is 22.7 Å². The second kappa shape index (κ2) is 4.55. The van der Waals surface area contributed by atoms with Gasteiger partial charge in [0, 0.05) is 4.47 Å². The lowest BCUT2D eigenvalue weighted by atomic mass is 10.3. The van der Waals surface area contributed by atoms with Gasteiger partial charge in [0.25, 0.3) is 0 Å². The van der Waals surface area contributed by atoms with Crippen molar-refractivity contribution in [2.75, 3.05) is 4.72 Å². The highest BCUT2D eigenvalue weighted by Gasteiger charge is 2.29. The number of nitrogens with one attached hydrogen (secondary N) is 1. The van der Waals surface area contributed by atoms with E-state index in [1.54, 1.807) is 39.0 Å². The maximum absolute atomic E-state index is 11.9. The highest BCUT2D eigenvalue weighted by molar-refractivity contribution is 9.10. The summed E-state index contributed by atoms with van der Waals surface area (Å²) in [6.07, 6.45) is 0. The fourth-order valence-corrected chi connectivity index (χ4v) is 2.22. The minimum atomic E-state index is -3.45. The van der Waals surface area contributed by atoms with Crippen molar-refractivity contribution in [2.24, 2.45) is 0 Å². The van der Waals surface area contributed by atoms with Crippen LogP contribution >= 0.6 is 27.5 Å². The number of anilines is 1. The fourth-order valence-electron chi connectivity index (χ4n) is 0.874. The van der Waals surface area contributed by atoms with E-state index in [2.05, 4.69) is 20.7 Å². The minimum absolute atomic E-state index is 0.371. The molecule has 0 fully saturated rings. The molecule has 6 heteroatoms. The van der Waals surface area contributed by atoms with Gasteiger partial charge < -0.3 is 0 Å². The molecule has 0 aliphatic heterocycles. The van der Waals surface area contributed by atoms with Gasteiger partial charge >= 0.3 is 0 Å². The molecule has 0 unspecified atom stereocenters. The van der Waals surface area contributed by atoms with Crippen molar-refractivity contribution < 1.29 is 8.42 Å². The largest absolute Gasteiger partial charge is 0.282 e. The Bertz CT molecular complexity index is 494. The summed E-state index contributed by atoms with van der Waals surface area (Å²) in [5.74, 6) is 0. The smallest absolute Gasteiger partial charge is 0.237 e. The number of rotatable bonds is 2. The molecule has 0 heterocycles. The van der Waals surface area contributed by atoms with E-state index in [0.29, 0.717) is 10.7 Å². The summed E-state index contributed by atoms with van der Waals surface area (Å²) in [5, 5.41) is 0.371. The van der Waals surface area contributed by atoms with Crippen molar-refractivity contribution in [3.8, 4) is 0 Å². The Labute approximate surface area is 109 Å². The number of sulfonamides is 1. The Morgan fingerprint density at radius 2 is 1.88 bits per heavy atom. The average Bonchev–Trinajstić information content (AvgIpc) is 2.09. The summed E-state index contributed by atoms with van der Waals surface area (Å²) in [4.78, 5) is 0. The van der Waals surface area contributed by atoms with E-state index >= 15 is 0 Å². The maximum atomic E-state index is 11.9. The topological polar surface area (TPSA) is 46.2 Å². The van der Waals surface area contributed by atoms with Crippen molar-refractivity contribution in [1.29, 1.82) is 0 Å². The summed E-state index contributed by atoms with van der Waals surface area (Å²) >= 11 is 9.17. The molecule has 0 aliphatic rings. The molecule has 1 aromatic rings. The third-order valence-corrected chi connectivity index (χ3v) is 4.90. The van der Waals surface area contributed by atoms with E-state index in [1.807, 2.05) is 0 Å². The highest BCUT2D eigenvalue weighted by Crippen LogP contribution is 2.28. The molecule has 90 valence electrons. The van der Waals surface area contributed by atoms with Crippen molar-refractivity contribution in [1.82, 2.24) is 0 Å². The van der Waals surface area contributed by atoms with Gasteiger partial charge in [0.1, 0.15) is 0 Å². The van der Waals surface area contributed by atoms with Crippen molar-refractivity contribution in [3.05, 3.63) is 27.7 Å². The normalized spacial score (nSPS) is 12.6. The zero-order valence-electron chi connectivity index (χ0n) is 9.21. The molecular formula is C10H13BrClNO2S. The van der Waals surface area contributed by atoms with E-state index in [4.69, 9.17) is 11.6 Å². The van der Waals surface area contributed by atoms with Gasteiger partial charge in [-0.3, -0.25) is 4.72 Å². The number of benzene rings is 1. The first-order valence-corrected chi connectivity index (χ1v) is 7.26. The quantitative estimate of drug-likeness (QED) is 0.902. The standard InChI is InChI=1S/C10H13BrClNO2S/c1-10(2,3)16(14,15)13-9-6-7(11)4-5-8(9)12/h4-6,13H,1-3H3. The molecule has 1 rings (SSSR count). The fraction of sp³-hybridized carbons (Fsp3) is 0.400. The molecule has 0 atom stereocenters. The third-order valence-electron chi connectivity index (χ3n) is 1.98. The zero-order valence-corrected chi connectivity index (χ0v) is 12.4. The predicted octanol–water partition coefficient (Wildman–Crippen LogP) is 3.64. The van der Waals surface area contributed by atoms with Crippen LogP contribution in [0, 0.1) is 0 Å². The molecule has 0 saturated carbocycles. The molecule has 0 aromatic heterocycles. The average molecular weight is 327 g/mol. The van der Waals surface area contributed by atoms with Crippen LogP contribution in [0.4, 0.5) is 5.69 Å². The van der Waals surface area contributed by atoms with Crippen molar-refractivity contribution >= 4 is 43.2 Å². The Kier molecular flexibility index (Phi) is 3.92. The molecule has 0 spiro atoms. The molecule has 0 aliphatic carbocycles. The van der Waals surface area contributed by atoms with Gasteiger partial charge in [0.2, 0.25) is 10.0 Å². The van der Waals surface area contributed by atoms with Crippen LogP contribution < -0.4 is 4.72 Å². The molecule has 1 aromatic carbocycles. The van der Waals surface area contributed by atoms with Gasteiger partial charge in [-0.1, -0.05) is 27.5 Å². The Morgan fingerprint density at radius 1 is 1.31 bits per heavy atom. The van der Waals surface area contributed by atoms with Crippen molar-refractivity contribution in [2.45, 2.75) is 25.5 Å². The maximum Gasteiger partial charge on any atom is 0.237 e. The Balaban J connectivity index is 3.11. The molecule has 0 saturated heterocycles. The predicted molar refractivity (Wildman–Crippen MR) is 71.4 cm³/mol. The first kappa shape index (κ1) is 13.8. The van der Waals surface area contributed by atoms with E-state index in [1.165, 1.54) is 0 Å². The van der Waals surface area contributed by atoms with Crippen LogP contribution in [0.2, 0.25) is 5.02 Å². The molecular weight excluding hydrogens is 314 g/mol.